The number of carbonyl (C=O) groups is 1. The molecule has 1 aromatic heterocycles. The molecule has 0 aliphatic carbocycles. The van der Waals surface area contributed by atoms with Gasteiger partial charge in [0.15, 0.2) is 0 Å². The molecule has 1 N–H and O–H groups in total. The third-order valence-corrected chi connectivity index (χ3v) is 2.84. The minimum Gasteiger partial charge on any atom is -0.478 e. The Morgan fingerprint density at radius 2 is 1.79 bits per heavy atom. The van der Waals surface area contributed by atoms with Crippen LogP contribution in [0.2, 0.25) is 0 Å². The Morgan fingerprint density at radius 3 is 2.32 bits per heavy atom. The quantitative estimate of drug-likeness (QED) is 0.914. The molecule has 0 fully saturated rings. The first kappa shape index (κ1) is 13.2. The van der Waals surface area contributed by atoms with Crippen LogP contribution < -0.4 is 0 Å². The highest BCUT2D eigenvalue weighted by molar-refractivity contribution is 5.89. The highest BCUT2D eigenvalue weighted by Crippen LogP contribution is 2.23. The zero-order chi connectivity index (χ0) is 14.0. The van der Waals surface area contributed by atoms with Crippen molar-refractivity contribution in [2.45, 2.75) is 19.8 Å². The summed E-state index contributed by atoms with van der Waals surface area (Å²) in [5, 5.41) is 9.12. The Kier molecular flexibility index (Phi) is 3.60. The number of carboxylic acids is 1. The lowest BCUT2D eigenvalue weighted by Crippen LogP contribution is -2.07. The Labute approximate surface area is 110 Å². The van der Waals surface area contributed by atoms with Gasteiger partial charge in [0, 0.05) is 5.56 Å². The number of aromatic carboxylic acids is 1. The van der Waals surface area contributed by atoms with Crippen molar-refractivity contribution in [3.05, 3.63) is 53.5 Å². The van der Waals surface area contributed by atoms with Crippen LogP contribution in [0.4, 0.5) is 4.39 Å². The number of nitrogens with zero attached hydrogens (tertiary/aromatic N) is 1. The van der Waals surface area contributed by atoms with Gasteiger partial charge in [-0.25, -0.2) is 9.18 Å². The summed E-state index contributed by atoms with van der Waals surface area (Å²) in [6.07, 6.45) is 0. The van der Waals surface area contributed by atoms with Crippen LogP contribution in [0.3, 0.4) is 0 Å². The predicted octanol–water partition coefficient (Wildman–Crippen LogP) is 3.71. The van der Waals surface area contributed by atoms with E-state index in [1.54, 1.807) is 24.3 Å². The maximum absolute atomic E-state index is 12.9. The largest absolute Gasteiger partial charge is 0.478 e. The third kappa shape index (κ3) is 2.78. The molecule has 1 heterocycles. The Balaban J connectivity index is 2.52. The third-order valence-electron chi connectivity index (χ3n) is 2.84. The van der Waals surface area contributed by atoms with Crippen LogP contribution in [0, 0.1) is 5.82 Å². The molecule has 0 radical (unpaired) electrons. The first-order chi connectivity index (χ1) is 8.99. The summed E-state index contributed by atoms with van der Waals surface area (Å²) in [5.41, 5.74) is 2.16. The van der Waals surface area contributed by atoms with Crippen LogP contribution in [0.25, 0.3) is 11.3 Å². The van der Waals surface area contributed by atoms with E-state index < -0.39 is 5.97 Å². The predicted molar refractivity (Wildman–Crippen MR) is 70.7 cm³/mol. The van der Waals surface area contributed by atoms with Crippen molar-refractivity contribution in [1.82, 2.24) is 4.98 Å². The van der Waals surface area contributed by atoms with Crippen molar-refractivity contribution in [3.63, 3.8) is 0 Å². The molecule has 0 amide bonds. The van der Waals surface area contributed by atoms with Crippen LogP contribution in [0.1, 0.15) is 35.8 Å². The lowest BCUT2D eigenvalue weighted by molar-refractivity contribution is 0.0694. The van der Waals surface area contributed by atoms with E-state index >= 15 is 0 Å². The van der Waals surface area contributed by atoms with Gasteiger partial charge in [-0.3, -0.25) is 4.98 Å². The fourth-order valence-corrected chi connectivity index (χ4v) is 1.88. The molecule has 2 rings (SSSR count). The maximum atomic E-state index is 12.9. The van der Waals surface area contributed by atoms with E-state index in [2.05, 4.69) is 4.98 Å². The second-order valence-corrected chi connectivity index (χ2v) is 4.60. The summed E-state index contributed by atoms with van der Waals surface area (Å²) in [6, 6.07) is 9.16. The summed E-state index contributed by atoms with van der Waals surface area (Å²) < 4.78 is 12.9. The van der Waals surface area contributed by atoms with Gasteiger partial charge in [-0.2, -0.15) is 0 Å². The van der Waals surface area contributed by atoms with E-state index in [1.807, 2.05) is 13.8 Å². The normalized spacial score (nSPS) is 10.7. The van der Waals surface area contributed by atoms with E-state index in [-0.39, 0.29) is 17.3 Å². The van der Waals surface area contributed by atoms with E-state index in [0.717, 1.165) is 5.56 Å². The number of carboxylic acid groups (broad SMARTS) is 1. The molecule has 0 saturated carbocycles. The van der Waals surface area contributed by atoms with Crippen molar-refractivity contribution in [3.8, 4) is 11.3 Å². The molecule has 0 spiro atoms. The number of benzene rings is 1. The second-order valence-electron chi connectivity index (χ2n) is 4.60. The smallest absolute Gasteiger partial charge is 0.337 e. The molecule has 0 unspecified atom stereocenters. The highest BCUT2D eigenvalue weighted by Gasteiger charge is 2.15. The van der Waals surface area contributed by atoms with Crippen LogP contribution in [-0.2, 0) is 0 Å². The molecule has 0 saturated heterocycles. The summed E-state index contributed by atoms with van der Waals surface area (Å²) >= 11 is 0. The zero-order valence-corrected chi connectivity index (χ0v) is 10.7. The molecule has 0 bridgehead atoms. The number of pyridine rings is 1. The van der Waals surface area contributed by atoms with Gasteiger partial charge in [0.05, 0.1) is 17.0 Å². The van der Waals surface area contributed by atoms with Gasteiger partial charge in [0.2, 0.25) is 0 Å². The number of halogens is 1. The van der Waals surface area contributed by atoms with Gasteiger partial charge >= 0.3 is 5.97 Å². The monoisotopic (exact) mass is 259 g/mol. The molecule has 4 heteroatoms. The van der Waals surface area contributed by atoms with E-state index in [4.69, 9.17) is 5.11 Å². The van der Waals surface area contributed by atoms with Crippen LogP contribution >= 0.6 is 0 Å². The molecule has 19 heavy (non-hydrogen) atoms. The number of hydrogen-bond donors (Lipinski definition) is 1. The van der Waals surface area contributed by atoms with Crippen molar-refractivity contribution >= 4 is 5.97 Å². The van der Waals surface area contributed by atoms with Crippen LogP contribution in [0.5, 0.6) is 0 Å². The van der Waals surface area contributed by atoms with Gasteiger partial charge in [0.25, 0.3) is 0 Å². The standard InChI is InChI=1S/C15H14FNO2/c1-9(2)14-12(15(18)19)7-8-13(17-14)10-3-5-11(16)6-4-10/h3-9H,1-2H3,(H,18,19). The Morgan fingerprint density at radius 1 is 1.16 bits per heavy atom. The molecule has 2 aromatic rings. The second kappa shape index (κ2) is 5.18. The fourth-order valence-electron chi connectivity index (χ4n) is 1.88. The number of aromatic nitrogens is 1. The van der Waals surface area contributed by atoms with Crippen LogP contribution in [0.15, 0.2) is 36.4 Å². The van der Waals surface area contributed by atoms with Gasteiger partial charge in [-0.05, 0) is 42.3 Å². The average molecular weight is 259 g/mol. The lowest BCUT2D eigenvalue weighted by atomic mass is 10.0. The Hall–Kier alpha value is -2.23. The van der Waals surface area contributed by atoms with Crippen molar-refractivity contribution < 1.29 is 14.3 Å². The van der Waals surface area contributed by atoms with Gasteiger partial charge < -0.3 is 5.11 Å². The summed E-state index contributed by atoms with van der Waals surface area (Å²) in [5.74, 6) is -1.29. The molecular formula is C15H14FNO2. The first-order valence-electron chi connectivity index (χ1n) is 5.99. The molecule has 0 atom stereocenters. The zero-order valence-electron chi connectivity index (χ0n) is 10.7. The van der Waals surface area contributed by atoms with E-state index in [0.29, 0.717) is 11.4 Å². The summed E-state index contributed by atoms with van der Waals surface area (Å²) in [6.45, 7) is 3.78. The highest BCUT2D eigenvalue weighted by atomic mass is 19.1. The maximum Gasteiger partial charge on any atom is 0.337 e. The van der Waals surface area contributed by atoms with Gasteiger partial charge in [-0.15, -0.1) is 0 Å². The summed E-state index contributed by atoms with van der Waals surface area (Å²) in [7, 11) is 0. The van der Waals surface area contributed by atoms with E-state index in [1.165, 1.54) is 12.1 Å². The number of rotatable bonds is 3. The molecule has 1 aromatic carbocycles. The molecule has 3 nitrogen and oxygen atoms in total. The minimum absolute atomic E-state index is 0.00602. The topological polar surface area (TPSA) is 50.2 Å². The summed E-state index contributed by atoms with van der Waals surface area (Å²) in [4.78, 5) is 15.5. The van der Waals surface area contributed by atoms with Gasteiger partial charge in [0.1, 0.15) is 5.82 Å². The average Bonchev–Trinajstić information content (AvgIpc) is 2.38. The van der Waals surface area contributed by atoms with E-state index in [9.17, 15) is 9.18 Å². The minimum atomic E-state index is -0.984. The first-order valence-corrected chi connectivity index (χ1v) is 5.99. The molecule has 0 aliphatic heterocycles. The van der Waals surface area contributed by atoms with Crippen LogP contribution in [-0.4, -0.2) is 16.1 Å². The molecule has 0 aliphatic rings. The lowest BCUT2D eigenvalue weighted by Gasteiger charge is -2.11. The molecule has 98 valence electrons. The van der Waals surface area contributed by atoms with Crippen molar-refractivity contribution in [2.24, 2.45) is 0 Å². The van der Waals surface area contributed by atoms with Crippen molar-refractivity contribution in [2.75, 3.05) is 0 Å². The Bertz CT molecular complexity index is 606. The van der Waals surface area contributed by atoms with Crippen molar-refractivity contribution in [1.29, 1.82) is 0 Å². The fraction of sp³-hybridized carbons (Fsp3) is 0.200. The number of hydrogen-bond acceptors (Lipinski definition) is 2. The van der Waals surface area contributed by atoms with Gasteiger partial charge in [-0.1, -0.05) is 13.8 Å². The SMILES string of the molecule is CC(C)c1nc(-c2ccc(F)cc2)ccc1C(=O)O. The molecular weight excluding hydrogens is 245 g/mol.